The number of nitrogens with one attached hydrogen (secondary N) is 1. The zero-order valence-electron chi connectivity index (χ0n) is 22.6. The molecule has 10 nitrogen and oxygen atoms in total. The molecule has 0 radical (unpaired) electrons. The molecule has 1 N–H and O–H groups in total. The van der Waals surface area contributed by atoms with Crippen molar-refractivity contribution in [2.24, 2.45) is 0 Å². The molecule has 11 heteroatoms. The lowest BCUT2D eigenvalue weighted by molar-refractivity contribution is -0.140. The maximum absolute atomic E-state index is 13.8. The van der Waals surface area contributed by atoms with Crippen LogP contribution in [0.4, 0.5) is 5.69 Å². The number of sulfonamides is 1. The van der Waals surface area contributed by atoms with Crippen LogP contribution in [0.1, 0.15) is 39.2 Å². The fourth-order valence-electron chi connectivity index (χ4n) is 4.13. The van der Waals surface area contributed by atoms with Gasteiger partial charge in [0.25, 0.3) is 0 Å². The first-order chi connectivity index (χ1) is 18.1. The first-order valence-electron chi connectivity index (χ1n) is 12.7. The van der Waals surface area contributed by atoms with Crippen molar-refractivity contribution < 1.29 is 32.2 Å². The van der Waals surface area contributed by atoms with Crippen LogP contribution in [0.25, 0.3) is 0 Å². The summed E-state index contributed by atoms with van der Waals surface area (Å²) in [6.45, 7) is 6.02. The molecule has 2 aromatic carbocycles. The number of ether oxygens (including phenoxy) is 3. The lowest BCUT2D eigenvalue weighted by Gasteiger charge is -2.33. The van der Waals surface area contributed by atoms with Crippen molar-refractivity contribution in [1.82, 2.24) is 10.2 Å². The predicted molar refractivity (Wildman–Crippen MR) is 145 cm³/mol. The van der Waals surface area contributed by atoms with Gasteiger partial charge >= 0.3 is 0 Å². The summed E-state index contributed by atoms with van der Waals surface area (Å²) in [5, 5.41) is 2.95. The van der Waals surface area contributed by atoms with Gasteiger partial charge in [-0.3, -0.25) is 13.9 Å². The Kier molecular flexibility index (Phi) is 9.84. The van der Waals surface area contributed by atoms with Crippen molar-refractivity contribution in [1.29, 1.82) is 0 Å². The van der Waals surface area contributed by atoms with Gasteiger partial charge in [0.05, 0.1) is 19.1 Å². The van der Waals surface area contributed by atoms with Gasteiger partial charge < -0.3 is 24.4 Å². The maximum atomic E-state index is 13.8. The van der Waals surface area contributed by atoms with E-state index in [0.717, 1.165) is 22.5 Å². The molecule has 0 saturated carbocycles. The van der Waals surface area contributed by atoms with Crippen molar-refractivity contribution in [2.75, 3.05) is 37.4 Å². The molecule has 0 fully saturated rings. The third-order valence-electron chi connectivity index (χ3n) is 6.37. The quantitative estimate of drug-likeness (QED) is 0.435. The molecule has 0 spiro atoms. The van der Waals surface area contributed by atoms with Gasteiger partial charge in [-0.1, -0.05) is 26.0 Å². The zero-order valence-corrected chi connectivity index (χ0v) is 23.4. The van der Waals surface area contributed by atoms with Crippen molar-refractivity contribution in [3.05, 3.63) is 48.0 Å². The Morgan fingerprint density at radius 2 is 1.76 bits per heavy atom. The van der Waals surface area contributed by atoms with E-state index >= 15 is 0 Å². The maximum Gasteiger partial charge on any atom is 0.244 e. The van der Waals surface area contributed by atoms with Crippen LogP contribution in [-0.4, -0.2) is 70.3 Å². The molecule has 2 aromatic rings. The normalized spacial score (nSPS) is 14.2. The Balaban J connectivity index is 1.96. The van der Waals surface area contributed by atoms with Crippen LogP contribution in [-0.2, 0) is 26.2 Å². The Morgan fingerprint density at radius 1 is 1.05 bits per heavy atom. The number of nitrogens with zero attached hydrogens (tertiary/aromatic N) is 2. The monoisotopic (exact) mass is 547 g/mol. The second-order valence-corrected chi connectivity index (χ2v) is 11.1. The van der Waals surface area contributed by atoms with Gasteiger partial charge in [0.1, 0.15) is 31.5 Å². The third kappa shape index (κ3) is 7.31. The molecule has 1 aliphatic heterocycles. The molecule has 0 aliphatic carbocycles. The molecular formula is C27H37N3O7S. The van der Waals surface area contributed by atoms with Crippen LogP contribution in [0, 0.1) is 0 Å². The van der Waals surface area contributed by atoms with E-state index in [-0.39, 0.29) is 24.2 Å². The molecule has 0 saturated heterocycles. The summed E-state index contributed by atoms with van der Waals surface area (Å²) in [6.07, 6.45) is 2.12. The molecule has 3 rings (SSSR count). The molecule has 2 atom stereocenters. The van der Waals surface area contributed by atoms with Crippen molar-refractivity contribution in [2.45, 2.75) is 52.2 Å². The van der Waals surface area contributed by atoms with E-state index in [1.165, 1.54) is 4.90 Å². The molecule has 38 heavy (non-hydrogen) atoms. The van der Waals surface area contributed by atoms with E-state index < -0.39 is 28.5 Å². The van der Waals surface area contributed by atoms with Gasteiger partial charge in [-0.05, 0) is 49.6 Å². The fourth-order valence-corrected chi connectivity index (χ4v) is 4.97. The number of fused-ring (bicyclic) bond motifs is 1. The highest BCUT2D eigenvalue weighted by molar-refractivity contribution is 7.92. The lowest BCUT2D eigenvalue weighted by Crippen LogP contribution is -2.53. The van der Waals surface area contributed by atoms with Gasteiger partial charge in [-0.2, -0.15) is 0 Å². The van der Waals surface area contributed by atoms with Crippen LogP contribution in [0.15, 0.2) is 42.5 Å². The van der Waals surface area contributed by atoms with E-state index in [4.69, 9.17) is 14.2 Å². The molecule has 0 bridgehead atoms. The largest absolute Gasteiger partial charge is 0.497 e. The van der Waals surface area contributed by atoms with E-state index in [2.05, 4.69) is 5.32 Å². The zero-order chi connectivity index (χ0) is 27.9. The van der Waals surface area contributed by atoms with Gasteiger partial charge in [0, 0.05) is 18.7 Å². The highest BCUT2D eigenvalue weighted by Gasteiger charge is 2.32. The predicted octanol–water partition coefficient (Wildman–Crippen LogP) is 2.95. The third-order valence-corrected chi connectivity index (χ3v) is 7.51. The Bertz CT molecular complexity index is 1230. The minimum atomic E-state index is -3.86. The summed E-state index contributed by atoms with van der Waals surface area (Å²) in [5.74, 6) is 0.721. The highest BCUT2D eigenvalue weighted by Crippen LogP contribution is 2.34. The number of carbonyl (C=O) groups is 2. The topological polar surface area (TPSA) is 114 Å². The van der Waals surface area contributed by atoms with Gasteiger partial charge in [0.2, 0.25) is 21.8 Å². The number of anilines is 1. The molecule has 0 aromatic heterocycles. The second kappa shape index (κ2) is 12.9. The van der Waals surface area contributed by atoms with E-state index in [1.807, 2.05) is 26.8 Å². The first kappa shape index (κ1) is 29.1. The number of methoxy groups -OCH3 is 1. The number of benzene rings is 2. The van der Waals surface area contributed by atoms with Gasteiger partial charge in [-0.15, -0.1) is 0 Å². The van der Waals surface area contributed by atoms with Crippen molar-refractivity contribution >= 4 is 27.5 Å². The van der Waals surface area contributed by atoms with Crippen LogP contribution in [0.3, 0.4) is 0 Å². The standard InChI is InChI=1S/C27H37N3O7S/c1-6-19(3)28-27(32)23(7-2)29(17-20-9-8-10-22(15-20)35-4)26(31)18-30(38(5,33)34)21-11-12-24-25(16-21)37-14-13-36-24/h8-12,15-16,19,23H,6-7,13-14,17-18H2,1-5H3,(H,28,32)/t19-,23-/m0/s1. The fraction of sp³-hybridized carbons (Fsp3) is 0.481. The number of amides is 2. The van der Waals surface area contributed by atoms with E-state index in [0.29, 0.717) is 36.9 Å². The molecular weight excluding hydrogens is 510 g/mol. The summed E-state index contributed by atoms with van der Waals surface area (Å²) in [5.41, 5.74) is 1.02. The highest BCUT2D eigenvalue weighted by atomic mass is 32.2. The molecule has 0 unspecified atom stereocenters. The van der Waals surface area contributed by atoms with E-state index in [1.54, 1.807) is 43.5 Å². The summed E-state index contributed by atoms with van der Waals surface area (Å²) in [4.78, 5) is 28.5. The Morgan fingerprint density at radius 3 is 2.39 bits per heavy atom. The first-order valence-corrected chi connectivity index (χ1v) is 14.5. The summed E-state index contributed by atoms with van der Waals surface area (Å²) in [7, 11) is -2.31. The van der Waals surface area contributed by atoms with Crippen LogP contribution in [0.5, 0.6) is 17.2 Å². The smallest absolute Gasteiger partial charge is 0.244 e. The SMILES string of the molecule is CC[C@H](C)NC(=O)[C@H](CC)N(Cc1cccc(OC)c1)C(=O)CN(c1ccc2c(c1)OCCO2)S(C)(=O)=O. The van der Waals surface area contributed by atoms with Crippen LogP contribution < -0.4 is 23.8 Å². The average molecular weight is 548 g/mol. The summed E-state index contributed by atoms with van der Waals surface area (Å²) < 4.78 is 43.2. The lowest BCUT2D eigenvalue weighted by atomic mass is 10.1. The summed E-state index contributed by atoms with van der Waals surface area (Å²) >= 11 is 0. The number of hydrogen-bond donors (Lipinski definition) is 1. The number of rotatable bonds is 12. The Labute approximate surface area is 224 Å². The van der Waals surface area contributed by atoms with Crippen LogP contribution in [0.2, 0.25) is 0 Å². The van der Waals surface area contributed by atoms with Gasteiger partial charge in [0.15, 0.2) is 11.5 Å². The second-order valence-electron chi connectivity index (χ2n) is 9.21. The van der Waals surface area contributed by atoms with Gasteiger partial charge in [-0.25, -0.2) is 8.42 Å². The molecule has 1 aliphatic rings. The average Bonchev–Trinajstić information content (AvgIpc) is 2.90. The minimum absolute atomic E-state index is 0.0736. The van der Waals surface area contributed by atoms with Crippen molar-refractivity contribution in [3.8, 4) is 17.2 Å². The number of carbonyl (C=O) groups excluding carboxylic acids is 2. The summed E-state index contributed by atoms with van der Waals surface area (Å²) in [6, 6.07) is 11.1. The van der Waals surface area contributed by atoms with E-state index in [9.17, 15) is 18.0 Å². The van der Waals surface area contributed by atoms with Crippen molar-refractivity contribution in [3.63, 3.8) is 0 Å². The van der Waals surface area contributed by atoms with Crippen LogP contribution >= 0.6 is 0 Å². The molecule has 1 heterocycles. The molecule has 208 valence electrons. The number of hydrogen-bond acceptors (Lipinski definition) is 7. The Hall–Kier alpha value is -3.47. The molecule has 2 amide bonds. The minimum Gasteiger partial charge on any atom is -0.497 e.